The Hall–Kier alpha value is -2.09. The first-order valence-corrected chi connectivity index (χ1v) is 9.23. The summed E-state index contributed by atoms with van der Waals surface area (Å²) in [5, 5.41) is 5.31. The summed E-state index contributed by atoms with van der Waals surface area (Å²) >= 11 is 0. The zero-order valence-electron chi connectivity index (χ0n) is 15.7. The minimum atomic E-state index is -4.54. The van der Waals surface area contributed by atoms with Gasteiger partial charge >= 0.3 is 6.18 Å². The number of rotatable bonds is 6. The number of alkyl halides is 3. The summed E-state index contributed by atoms with van der Waals surface area (Å²) in [4.78, 5) is 24.9. The third-order valence-corrected chi connectivity index (χ3v) is 4.89. The molecule has 8 heteroatoms. The van der Waals surface area contributed by atoms with Crippen molar-refractivity contribution in [2.45, 2.75) is 44.8 Å². The number of likely N-dealkylation sites (N-methyl/N-ethyl adjacent to an activating group) is 1. The third-order valence-electron chi connectivity index (χ3n) is 4.89. The van der Waals surface area contributed by atoms with Gasteiger partial charge in [0, 0.05) is 6.04 Å². The number of benzene rings is 1. The first-order chi connectivity index (χ1) is 12.7. The van der Waals surface area contributed by atoms with E-state index < -0.39 is 17.6 Å². The van der Waals surface area contributed by atoms with E-state index in [0.717, 1.165) is 25.3 Å². The van der Waals surface area contributed by atoms with Crippen LogP contribution in [0, 0.1) is 5.92 Å². The monoisotopic (exact) mass is 386 g/mol. The molecule has 1 aromatic carbocycles. The lowest BCUT2D eigenvalue weighted by Gasteiger charge is -2.29. The Kier molecular flexibility index (Phi) is 7.24. The van der Waals surface area contributed by atoms with Crippen LogP contribution in [0.15, 0.2) is 24.3 Å². The van der Waals surface area contributed by atoms with Crippen LogP contribution < -0.4 is 15.5 Å². The van der Waals surface area contributed by atoms with E-state index in [-0.39, 0.29) is 30.7 Å². The zero-order chi connectivity index (χ0) is 20.0. The normalized spacial score (nSPS) is 21.4. The fourth-order valence-corrected chi connectivity index (χ4v) is 3.43. The summed E-state index contributed by atoms with van der Waals surface area (Å²) in [5.41, 5.74) is -1.16. The predicted molar refractivity (Wildman–Crippen MR) is 96.3 cm³/mol. The molecule has 2 rings (SSSR count). The summed E-state index contributed by atoms with van der Waals surface area (Å²) in [6.07, 6.45) is -0.216. The molecule has 1 saturated carbocycles. The van der Waals surface area contributed by atoms with Gasteiger partial charge in [-0.3, -0.25) is 9.59 Å². The van der Waals surface area contributed by atoms with Gasteiger partial charge in [-0.25, -0.2) is 0 Å². The maximum absolute atomic E-state index is 13.0. The van der Waals surface area contributed by atoms with Crippen molar-refractivity contribution in [2.24, 2.45) is 5.92 Å². The minimum Gasteiger partial charge on any atom is -0.348 e. The Morgan fingerprint density at radius 3 is 2.41 bits per heavy atom. The summed E-state index contributed by atoms with van der Waals surface area (Å²) in [7, 11) is 1.67. The average Bonchev–Trinajstić information content (AvgIpc) is 2.56. The van der Waals surface area contributed by atoms with E-state index in [1.165, 1.54) is 24.6 Å². The van der Waals surface area contributed by atoms with E-state index >= 15 is 0 Å². The lowest BCUT2D eigenvalue weighted by atomic mass is 9.86. The molecule has 0 aliphatic heterocycles. The highest BCUT2D eigenvalue weighted by Crippen LogP contribution is 2.34. The standard InChI is InChI=1S/C19H26F3N3O2/c1-13-7-3-5-9-15(13)23-17(26)11-25(2)12-18(27)24-16-10-6-4-8-14(16)19(20,21)22/h4,6,8,10,13,15H,3,5,7,9,11-12H2,1-2H3,(H,23,26)(H,24,27)/p+1/t13-,15-/m0/s1. The van der Waals surface area contributed by atoms with Gasteiger partial charge in [0.15, 0.2) is 13.1 Å². The van der Waals surface area contributed by atoms with Crippen LogP contribution in [0.2, 0.25) is 0 Å². The second-order valence-corrected chi connectivity index (χ2v) is 7.34. The van der Waals surface area contributed by atoms with Gasteiger partial charge in [0.25, 0.3) is 11.8 Å². The highest BCUT2D eigenvalue weighted by atomic mass is 19.4. The van der Waals surface area contributed by atoms with E-state index in [1.807, 2.05) is 0 Å². The Bertz CT molecular complexity index is 664. The van der Waals surface area contributed by atoms with Crippen LogP contribution in [0.3, 0.4) is 0 Å². The summed E-state index contributed by atoms with van der Waals surface area (Å²) in [6, 6.07) is 5.00. The van der Waals surface area contributed by atoms with Crippen LogP contribution >= 0.6 is 0 Å². The number of para-hydroxylation sites is 1. The maximum Gasteiger partial charge on any atom is 0.418 e. The summed E-state index contributed by atoms with van der Waals surface area (Å²) in [5.74, 6) is -0.275. The minimum absolute atomic E-state index is 0.0948. The molecule has 150 valence electrons. The van der Waals surface area contributed by atoms with Crippen molar-refractivity contribution in [3.63, 3.8) is 0 Å². The molecule has 3 atom stereocenters. The lowest BCUT2D eigenvalue weighted by molar-refractivity contribution is -0.862. The van der Waals surface area contributed by atoms with Gasteiger partial charge < -0.3 is 15.5 Å². The predicted octanol–water partition coefficient (Wildman–Crippen LogP) is 1.85. The Morgan fingerprint density at radius 2 is 1.74 bits per heavy atom. The number of nitrogens with one attached hydrogen (secondary N) is 3. The zero-order valence-corrected chi connectivity index (χ0v) is 15.7. The molecule has 1 aliphatic rings. The SMILES string of the molecule is C[C@H]1CCCC[C@@H]1NC(=O)C[NH+](C)CC(=O)Nc1ccccc1C(F)(F)F. The third kappa shape index (κ3) is 6.53. The molecule has 0 spiro atoms. The molecule has 5 nitrogen and oxygen atoms in total. The van der Waals surface area contributed by atoms with E-state index in [2.05, 4.69) is 17.6 Å². The van der Waals surface area contributed by atoms with E-state index in [9.17, 15) is 22.8 Å². The maximum atomic E-state index is 13.0. The molecule has 0 bridgehead atoms. The van der Waals surface area contributed by atoms with Crippen molar-refractivity contribution < 1.29 is 27.7 Å². The fourth-order valence-electron chi connectivity index (χ4n) is 3.43. The van der Waals surface area contributed by atoms with E-state index in [1.54, 1.807) is 7.05 Å². The number of amides is 2. The quantitative estimate of drug-likeness (QED) is 0.699. The van der Waals surface area contributed by atoms with E-state index in [0.29, 0.717) is 10.8 Å². The number of hydrogen-bond acceptors (Lipinski definition) is 2. The number of halogens is 3. The average molecular weight is 386 g/mol. The number of carbonyl (C=O) groups is 2. The molecule has 1 aromatic rings. The van der Waals surface area contributed by atoms with Gasteiger partial charge in [-0.05, 0) is 30.9 Å². The molecule has 27 heavy (non-hydrogen) atoms. The van der Waals surface area contributed by atoms with Crippen LogP contribution in [0.5, 0.6) is 0 Å². The van der Waals surface area contributed by atoms with Crippen molar-refractivity contribution in [2.75, 3.05) is 25.5 Å². The first-order valence-electron chi connectivity index (χ1n) is 9.23. The second-order valence-electron chi connectivity index (χ2n) is 7.34. The van der Waals surface area contributed by atoms with Crippen LogP contribution in [0.1, 0.15) is 38.2 Å². The molecule has 1 aliphatic carbocycles. The number of quaternary nitrogens is 1. The molecule has 3 N–H and O–H groups in total. The highest BCUT2D eigenvalue weighted by Gasteiger charge is 2.33. The number of carbonyl (C=O) groups excluding carboxylic acids is 2. The molecule has 1 fully saturated rings. The van der Waals surface area contributed by atoms with Gasteiger partial charge in [-0.2, -0.15) is 13.2 Å². The van der Waals surface area contributed by atoms with Crippen molar-refractivity contribution in [1.82, 2.24) is 5.32 Å². The molecule has 0 saturated heterocycles. The van der Waals surface area contributed by atoms with Gasteiger partial charge in [-0.1, -0.05) is 31.9 Å². The van der Waals surface area contributed by atoms with Crippen molar-refractivity contribution in [3.05, 3.63) is 29.8 Å². The van der Waals surface area contributed by atoms with Crippen LogP contribution in [-0.4, -0.2) is 38.0 Å². The summed E-state index contributed by atoms with van der Waals surface area (Å²) in [6.45, 7) is 2.11. The molecule has 2 amide bonds. The Balaban J connectivity index is 1.84. The first kappa shape index (κ1) is 21.2. The molecule has 0 heterocycles. The van der Waals surface area contributed by atoms with Crippen LogP contribution in [-0.2, 0) is 15.8 Å². The van der Waals surface area contributed by atoms with Crippen molar-refractivity contribution in [1.29, 1.82) is 0 Å². The molecule has 0 aromatic heterocycles. The van der Waals surface area contributed by atoms with Crippen molar-refractivity contribution in [3.8, 4) is 0 Å². The largest absolute Gasteiger partial charge is 0.418 e. The fraction of sp³-hybridized carbons (Fsp3) is 0.579. The smallest absolute Gasteiger partial charge is 0.348 e. The van der Waals surface area contributed by atoms with Crippen LogP contribution in [0.25, 0.3) is 0 Å². The van der Waals surface area contributed by atoms with Gasteiger partial charge in [-0.15, -0.1) is 0 Å². The number of anilines is 1. The van der Waals surface area contributed by atoms with Crippen LogP contribution in [0.4, 0.5) is 18.9 Å². The lowest BCUT2D eigenvalue weighted by Crippen LogP contribution is -3.11. The van der Waals surface area contributed by atoms with Gasteiger partial charge in [0.1, 0.15) is 0 Å². The second kappa shape index (κ2) is 9.21. The number of hydrogen-bond donors (Lipinski definition) is 3. The van der Waals surface area contributed by atoms with Crippen molar-refractivity contribution >= 4 is 17.5 Å². The Morgan fingerprint density at radius 1 is 1.11 bits per heavy atom. The molecule has 0 radical (unpaired) electrons. The molecule has 1 unspecified atom stereocenters. The highest BCUT2D eigenvalue weighted by molar-refractivity contribution is 5.92. The van der Waals surface area contributed by atoms with E-state index in [4.69, 9.17) is 0 Å². The molecular formula is C19H27F3N3O2+. The summed E-state index contributed by atoms with van der Waals surface area (Å²) < 4.78 is 38.9. The van der Waals surface area contributed by atoms with Gasteiger partial charge in [0.05, 0.1) is 18.3 Å². The van der Waals surface area contributed by atoms with Gasteiger partial charge in [0.2, 0.25) is 0 Å². The Labute approximate surface area is 157 Å². The molecular weight excluding hydrogens is 359 g/mol. The topological polar surface area (TPSA) is 62.6 Å².